The van der Waals surface area contributed by atoms with Gasteiger partial charge in [0, 0.05) is 6.04 Å². The predicted octanol–water partition coefficient (Wildman–Crippen LogP) is 1.33. The molecule has 0 aliphatic heterocycles. The fourth-order valence-electron chi connectivity index (χ4n) is 1.40. The van der Waals surface area contributed by atoms with E-state index in [2.05, 4.69) is 30.0 Å². The molecule has 0 amide bonds. The second kappa shape index (κ2) is 8.10. The molecule has 2 heteroatoms. The summed E-state index contributed by atoms with van der Waals surface area (Å²) in [6, 6.07) is 0.587. The molecule has 1 N–H and O–H groups in total. The van der Waals surface area contributed by atoms with Crippen LogP contribution < -0.4 is 5.32 Å². The van der Waals surface area contributed by atoms with Crippen LogP contribution in [-0.2, 0) is 0 Å². The van der Waals surface area contributed by atoms with Crippen LogP contribution in [0.1, 0.15) is 26.7 Å². The highest BCUT2D eigenvalue weighted by Crippen LogP contribution is 2.03. The zero-order chi connectivity index (χ0) is 10.1. The monoisotopic (exact) mass is 182 g/mol. The van der Waals surface area contributed by atoms with Crippen molar-refractivity contribution in [2.75, 3.05) is 26.7 Å². The molecule has 1 unspecified atom stereocenters. The molecule has 0 aromatic heterocycles. The van der Waals surface area contributed by atoms with Crippen molar-refractivity contribution in [2.24, 2.45) is 0 Å². The van der Waals surface area contributed by atoms with Crippen LogP contribution in [0.25, 0.3) is 0 Å². The molecule has 0 aliphatic carbocycles. The lowest BCUT2D eigenvalue weighted by Gasteiger charge is -2.26. The van der Waals surface area contributed by atoms with Crippen molar-refractivity contribution >= 4 is 0 Å². The van der Waals surface area contributed by atoms with Crippen molar-refractivity contribution in [3.63, 3.8) is 0 Å². The van der Waals surface area contributed by atoms with Gasteiger partial charge in [-0.05, 0) is 39.9 Å². The molecule has 0 bridgehead atoms. The highest BCUT2D eigenvalue weighted by atomic mass is 15.1. The van der Waals surface area contributed by atoms with Gasteiger partial charge in [0.05, 0.1) is 6.54 Å². The van der Waals surface area contributed by atoms with Gasteiger partial charge < -0.3 is 5.32 Å². The van der Waals surface area contributed by atoms with Crippen molar-refractivity contribution in [1.29, 1.82) is 0 Å². The molecule has 0 rings (SSSR count). The van der Waals surface area contributed by atoms with Gasteiger partial charge in [0.1, 0.15) is 0 Å². The zero-order valence-electron chi connectivity index (χ0n) is 9.14. The van der Waals surface area contributed by atoms with Crippen LogP contribution in [0.2, 0.25) is 0 Å². The third-order valence-electron chi connectivity index (χ3n) is 2.24. The molecule has 0 saturated heterocycles. The van der Waals surface area contributed by atoms with Crippen LogP contribution in [-0.4, -0.2) is 37.6 Å². The van der Waals surface area contributed by atoms with Gasteiger partial charge in [-0.2, -0.15) is 0 Å². The second-order valence-corrected chi connectivity index (χ2v) is 3.42. The summed E-state index contributed by atoms with van der Waals surface area (Å²) in [7, 11) is 1.98. The zero-order valence-corrected chi connectivity index (χ0v) is 9.14. The van der Waals surface area contributed by atoms with Crippen molar-refractivity contribution < 1.29 is 0 Å². The van der Waals surface area contributed by atoms with E-state index in [-0.39, 0.29) is 0 Å². The maximum absolute atomic E-state index is 5.32. The van der Waals surface area contributed by atoms with E-state index in [1.165, 1.54) is 6.42 Å². The normalized spacial score (nSPS) is 12.8. The Bertz CT molecular complexity index is 149. The minimum atomic E-state index is 0.587. The Morgan fingerprint density at radius 3 is 2.69 bits per heavy atom. The van der Waals surface area contributed by atoms with E-state index in [9.17, 15) is 0 Å². The summed E-state index contributed by atoms with van der Waals surface area (Å²) >= 11 is 0. The molecule has 0 fully saturated rings. The molecule has 0 aliphatic rings. The van der Waals surface area contributed by atoms with Crippen LogP contribution >= 0.6 is 0 Å². The first-order chi connectivity index (χ1) is 6.26. The number of hydrogen-bond donors (Lipinski definition) is 1. The van der Waals surface area contributed by atoms with Crippen molar-refractivity contribution in [2.45, 2.75) is 32.7 Å². The summed E-state index contributed by atoms with van der Waals surface area (Å²) in [5.74, 6) is 2.72. The molecule has 2 nitrogen and oxygen atoms in total. The Balaban J connectivity index is 3.81. The first-order valence-electron chi connectivity index (χ1n) is 5.08. The van der Waals surface area contributed by atoms with Crippen molar-refractivity contribution in [1.82, 2.24) is 10.2 Å². The lowest BCUT2D eigenvalue weighted by Crippen LogP contribution is -2.35. The maximum Gasteiger partial charge on any atom is 0.0601 e. The topological polar surface area (TPSA) is 15.3 Å². The van der Waals surface area contributed by atoms with Crippen LogP contribution in [0, 0.1) is 12.3 Å². The average molecular weight is 182 g/mol. The summed E-state index contributed by atoms with van der Waals surface area (Å²) in [6.45, 7) is 7.37. The summed E-state index contributed by atoms with van der Waals surface area (Å²) in [4.78, 5) is 2.36. The van der Waals surface area contributed by atoms with Crippen LogP contribution in [0.15, 0.2) is 0 Å². The van der Waals surface area contributed by atoms with E-state index in [1.807, 2.05) is 7.05 Å². The SMILES string of the molecule is C#CCN(CCC)C(C)CCNC. The number of terminal acetylenes is 1. The Kier molecular flexibility index (Phi) is 7.77. The van der Waals surface area contributed by atoms with Gasteiger partial charge in [-0.3, -0.25) is 4.90 Å². The van der Waals surface area contributed by atoms with Crippen molar-refractivity contribution in [3.05, 3.63) is 0 Å². The number of nitrogens with zero attached hydrogens (tertiary/aromatic N) is 1. The second-order valence-electron chi connectivity index (χ2n) is 3.42. The summed E-state index contributed by atoms with van der Waals surface area (Å²) in [6.07, 6.45) is 7.66. The highest BCUT2D eigenvalue weighted by molar-refractivity contribution is 4.89. The molecule has 76 valence electrons. The molecule has 0 aromatic rings. The largest absolute Gasteiger partial charge is 0.320 e. The molecule has 0 spiro atoms. The molecular weight excluding hydrogens is 160 g/mol. The standard InChI is InChI=1S/C11H22N2/c1-5-9-13(10-6-2)11(3)7-8-12-4/h1,11-12H,6-10H2,2-4H3. The molecule has 1 atom stereocenters. The summed E-state index contributed by atoms with van der Waals surface area (Å²) < 4.78 is 0. The van der Waals surface area contributed by atoms with E-state index in [1.54, 1.807) is 0 Å². The molecule has 0 saturated carbocycles. The first kappa shape index (κ1) is 12.5. The fourth-order valence-corrected chi connectivity index (χ4v) is 1.40. The average Bonchev–Trinajstić information content (AvgIpc) is 2.14. The van der Waals surface area contributed by atoms with Crippen LogP contribution in [0.3, 0.4) is 0 Å². The van der Waals surface area contributed by atoms with E-state index in [4.69, 9.17) is 6.42 Å². The molecule has 0 heterocycles. The van der Waals surface area contributed by atoms with Gasteiger partial charge >= 0.3 is 0 Å². The van der Waals surface area contributed by atoms with Gasteiger partial charge in [-0.15, -0.1) is 6.42 Å². The number of rotatable bonds is 7. The third-order valence-corrected chi connectivity index (χ3v) is 2.24. The summed E-state index contributed by atoms with van der Waals surface area (Å²) in [5, 5.41) is 3.16. The van der Waals surface area contributed by atoms with Gasteiger partial charge in [-0.1, -0.05) is 12.8 Å². The fraction of sp³-hybridized carbons (Fsp3) is 0.818. The van der Waals surface area contributed by atoms with Gasteiger partial charge in [-0.25, -0.2) is 0 Å². The van der Waals surface area contributed by atoms with Crippen molar-refractivity contribution in [3.8, 4) is 12.3 Å². The van der Waals surface area contributed by atoms with E-state index >= 15 is 0 Å². The Hall–Kier alpha value is -0.520. The van der Waals surface area contributed by atoms with E-state index < -0.39 is 0 Å². The van der Waals surface area contributed by atoms with E-state index in [0.29, 0.717) is 6.04 Å². The molecule has 0 aromatic carbocycles. The lowest BCUT2D eigenvalue weighted by atomic mass is 10.2. The minimum absolute atomic E-state index is 0.587. The van der Waals surface area contributed by atoms with Gasteiger partial charge in [0.2, 0.25) is 0 Å². The highest BCUT2D eigenvalue weighted by Gasteiger charge is 2.10. The summed E-state index contributed by atoms with van der Waals surface area (Å²) in [5.41, 5.74) is 0. The Morgan fingerprint density at radius 2 is 2.23 bits per heavy atom. The van der Waals surface area contributed by atoms with Gasteiger partial charge in [0.15, 0.2) is 0 Å². The predicted molar refractivity (Wildman–Crippen MR) is 58.7 cm³/mol. The Labute approximate surface area is 82.7 Å². The smallest absolute Gasteiger partial charge is 0.0601 e. The quantitative estimate of drug-likeness (QED) is 0.598. The minimum Gasteiger partial charge on any atom is -0.320 e. The van der Waals surface area contributed by atoms with Crippen LogP contribution in [0.4, 0.5) is 0 Å². The Morgan fingerprint density at radius 1 is 1.54 bits per heavy atom. The molecular formula is C11H22N2. The molecule has 13 heavy (non-hydrogen) atoms. The third kappa shape index (κ3) is 5.68. The lowest BCUT2D eigenvalue weighted by molar-refractivity contribution is 0.224. The number of hydrogen-bond acceptors (Lipinski definition) is 2. The number of nitrogens with one attached hydrogen (secondary N) is 1. The first-order valence-corrected chi connectivity index (χ1v) is 5.08. The van der Waals surface area contributed by atoms with E-state index in [0.717, 1.165) is 26.1 Å². The molecule has 0 radical (unpaired) electrons. The van der Waals surface area contributed by atoms with Gasteiger partial charge in [0.25, 0.3) is 0 Å². The van der Waals surface area contributed by atoms with Crippen LogP contribution in [0.5, 0.6) is 0 Å². The maximum atomic E-state index is 5.32.